The van der Waals surface area contributed by atoms with E-state index < -0.39 is 0 Å². The molecular weight excluding hydrogens is 485 g/mol. The van der Waals surface area contributed by atoms with Crippen LogP contribution in [0, 0.1) is 0 Å². The number of hydrogen-bond donors (Lipinski definition) is 1. The molecule has 0 aliphatic carbocycles. The second-order valence-corrected chi connectivity index (χ2v) is 7.62. The van der Waals surface area contributed by atoms with E-state index in [9.17, 15) is 4.79 Å². The number of aliphatic imine (C=N–C) groups is 1. The van der Waals surface area contributed by atoms with Crippen LogP contribution in [0.4, 0.5) is 5.00 Å². The Morgan fingerprint density at radius 3 is 2.43 bits per heavy atom. The van der Waals surface area contributed by atoms with Gasteiger partial charge in [0.25, 0.3) is 0 Å². The third kappa shape index (κ3) is 6.37. The Balaban J connectivity index is 0.00000280. The highest BCUT2D eigenvalue weighted by Gasteiger charge is 2.21. The molecule has 1 saturated heterocycles. The molecule has 8 heteroatoms. The topological polar surface area (TPSA) is 51.2 Å². The van der Waals surface area contributed by atoms with Crippen molar-refractivity contribution >= 4 is 52.2 Å². The summed E-state index contributed by atoms with van der Waals surface area (Å²) in [4.78, 5) is 23.0. The fraction of sp³-hybridized carbons (Fsp3) is 0.400. The second kappa shape index (κ2) is 11.3. The fourth-order valence-corrected chi connectivity index (χ4v) is 3.70. The lowest BCUT2D eigenvalue weighted by molar-refractivity contribution is -0.127. The van der Waals surface area contributed by atoms with E-state index in [0.29, 0.717) is 6.54 Å². The number of anilines is 1. The number of piperazine rings is 1. The number of nitrogens with zero attached hydrogens (tertiary/aromatic N) is 4. The molecule has 0 bridgehead atoms. The summed E-state index contributed by atoms with van der Waals surface area (Å²) in [5.74, 6) is 0.847. The van der Waals surface area contributed by atoms with Crippen molar-refractivity contribution in [3.63, 3.8) is 0 Å². The van der Waals surface area contributed by atoms with Crippen LogP contribution >= 0.6 is 35.3 Å². The van der Waals surface area contributed by atoms with Gasteiger partial charge in [-0.3, -0.25) is 4.79 Å². The summed E-state index contributed by atoms with van der Waals surface area (Å²) in [7, 11) is 3.54. The van der Waals surface area contributed by atoms with E-state index in [1.54, 1.807) is 30.3 Å². The summed E-state index contributed by atoms with van der Waals surface area (Å²) in [6.45, 7) is 4.53. The first-order valence-electron chi connectivity index (χ1n) is 9.19. The van der Waals surface area contributed by atoms with Crippen LogP contribution in [-0.2, 0) is 11.3 Å². The summed E-state index contributed by atoms with van der Waals surface area (Å²) in [5, 5.41) is 6.69. The average Bonchev–Trinajstić information content (AvgIpc) is 3.23. The van der Waals surface area contributed by atoms with Crippen molar-refractivity contribution < 1.29 is 4.79 Å². The molecule has 1 aromatic heterocycles. The van der Waals surface area contributed by atoms with Gasteiger partial charge in [0.05, 0.1) is 18.1 Å². The predicted octanol–water partition coefficient (Wildman–Crippen LogP) is 2.72. The molecule has 152 valence electrons. The Labute approximate surface area is 188 Å². The highest BCUT2D eigenvalue weighted by molar-refractivity contribution is 14.0. The first-order chi connectivity index (χ1) is 13.1. The zero-order chi connectivity index (χ0) is 19.1. The predicted molar refractivity (Wildman–Crippen MR) is 128 cm³/mol. The molecule has 3 rings (SSSR count). The van der Waals surface area contributed by atoms with Crippen LogP contribution in [0.3, 0.4) is 0 Å². The molecule has 0 unspecified atom stereocenters. The standard InChI is InChI=1S/C20H27N5OS.HI/c1-23(2)18(26)16-22-20(21-15-17-7-4-3-5-8-17)25-12-10-24(11-13-25)19-9-6-14-27-19;/h3-9,14H,10-13,15-16H2,1-2H3,(H,21,22);1H. The summed E-state index contributed by atoms with van der Waals surface area (Å²) < 4.78 is 0. The van der Waals surface area contributed by atoms with Crippen molar-refractivity contribution in [1.29, 1.82) is 0 Å². The quantitative estimate of drug-likeness (QED) is 0.380. The Morgan fingerprint density at radius 2 is 1.82 bits per heavy atom. The number of benzene rings is 1. The number of guanidine groups is 1. The van der Waals surface area contributed by atoms with E-state index in [-0.39, 0.29) is 36.4 Å². The van der Waals surface area contributed by atoms with Crippen molar-refractivity contribution in [2.45, 2.75) is 6.54 Å². The highest BCUT2D eigenvalue weighted by atomic mass is 127. The van der Waals surface area contributed by atoms with Crippen molar-refractivity contribution in [1.82, 2.24) is 15.1 Å². The van der Waals surface area contributed by atoms with E-state index in [1.165, 1.54) is 5.00 Å². The number of likely N-dealkylation sites (N-methyl/N-ethyl adjacent to an activating group) is 1. The van der Waals surface area contributed by atoms with Crippen molar-refractivity contribution in [3.8, 4) is 0 Å². The maximum atomic E-state index is 12.0. The number of hydrogen-bond acceptors (Lipinski definition) is 4. The zero-order valence-corrected chi connectivity index (χ0v) is 19.5. The Morgan fingerprint density at radius 1 is 1.11 bits per heavy atom. The zero-order valence-electron chi connectivity index (χ0n) is 16.4. The van der Waals surface area contributed by atoms with Crippen LogP contribution in [0.1, 0.15) is 5.56 Å². The molecule has 28 heavy (non-hydrogen) atoms. The van der Waals surface area contributed by atoms with Gasteiger partial charge in [0, 0.05) is 40.3 Å². The van der Waals surface area contributed by atoms with Crippen LogP contribution in [-0.4, -0.2) is 68.5 Å². The van der Waals surface area contributed by atoms with Gasteiger partial charge in [-0.2, -0.15) is 0 Å². The molecular formula is C20H28IN5OS. The number of amides is 1. The minimum Gasteiger partial charge on any atom is -0.360 e. The van der Waals surface area contributed by atoms with Gasteiger partial charge in [0.1, 0.15) is 0 Å². The number of carbonyl (C=O) groups excluding carboxylic acids is 1. The number of carbonyl (C=O) groups is 1. The van der Waals surface area contributed by atoms with Crippen LogP contribution in [0.2, 0.25) is 0 Å². The van der Waals surface area contributed by atoms with Crippen LogP contribution < -0.4 is 10.2 Å². The van der Waals surface area contributed by atoms with E-state index in [0.717, 1.165) is 37.7 Å². The lowest BCUT2D eigenvalue weighted by Crippen LogP contribution is -2.53. The van der Waals surface area contributed by atoms with E-state index in [2.05, 4.69) is 44.8 Å². The lowest BCUT2D eigenvalue weighted by Gasteiger charge is -2.37. The molecule has 1 aliphatic rings. The smallest absolute Gasteiger partial charge is 0.241 e. The highest BCUT2D eigenvalue weighted by Crippen LogP contribution is 2.22. The molecule has 0 saturated carbocycles. The Bertz CT molecular complexity index is 743. The van der Waals surface area contributed by atoms with Crippen molar-refractivity contribution in [2.24, 2.45) is 4.99 Å². The van der Waals surface area contributed by atoms with Gasteiger partial charge >= 0.3 is 0 Å². The molecule has 1 amide bonds. The third-order valence-electron chi connectivity index (χ3n) is 4.55. The molecule has 0 radical (unpaired) electrons. The van der Waals surface area contributed by atoms with Crippen molar-refractivity contribution in [2.75, 3.05) is 51.7 Å². The van der Waals surface area contributed by atoms with Gasteiger partial charge in [-0.05, 0) is 23.1 Å². The Hall–Kier alpha value is -1.81. The number of rotatable bonds is 5. The van der Waals surface area contributed by atoms with Crippen LogP contribution in [0.15, 0.2) is 52.8 Å². The molecule has 0 atom stereocenters. The minimum absolute atomic E-state index is 0. The average molecular weight is 513 g/mol. The normalized spacial score (nSPS) is 14.4. The minimum atomic E-state index is 0. The summed E-state index contributed by atoms with van der Waals surface area (Å²) >= 11 is 1.78. The summed E-state index contributed by atoms with van der Waals surface area (Å²) in [6.07, 6.45) is 0. The second-order valence-electron chi connectivity index (χ2n) is 6.69. The first-order valence-corrected chi connectivity index (χ1v) is 10.1. The molecule has 1 aliphatic heterocycles. The van der Waals surface area contributed by atoms with E-state index in [4.69, 9.17) is 4.99 Å². The van der Waals surface area contributed by atoms with E-state index >= 15 is 0 Å². The van der Waals surface area contributed by atoms with Gasteiger partial charge in [0.15, 0.2) is 5.96 Å². The number of halogens is 1. The lowest BCUT2D eigenvalue weighted by atomic mass is 10.2. The maximum Gasteiger partial charge on any atom is 0.241 e. The van der Waals surface area contributed by atoms with E-state index in [1.807, 2.05) is 18.2 Å². The third-order valence-corrected chi connectivity index (χ3v) is 5.48. The molecule has 2 heterocycles. The van der Waals surface area contributed by atoms with Crippen molar-refractivity contribution in [3.05, 3.63) is 53.4 Å². The fourth-order valence-electron chi connectivity index (χ4n) is 2.92. The van der Waals surface area contributed by atoms with Gasteiger partial charge in [-0.15, -0.1) is 35.3 Å². The molecule has 2 aromatic rings. The SMILES string of the molecule is CN(C)C(=O)CNC(=NCc1ccccc1)N1CCN(c2cccs2)CC1.I. The van der Waals surface area contributed by atoms with Gasteiger partial charge in [0.2, 0.25) is 5.91 Å². The van der Waals surface area contributed by atoms with Crippen LogP contribution in [0.5, 0.6) is 0 Å². The van der Waals surface area contributed by atoms with Gasteiger partial charge in [-0.1, -0.05) is 30.3 Å². The summed E-state index contributed by atoms with van der Waals surface area (Å²) in [6, 6.07) is 14.4. The largest absolute Gasteiger partial charge is 0.360 e. The monoisotopic (exact) mass is 513 g/mol. The first kappa shape index (κ1) is 22.5. The molecule has 6 nitrogen and oxygen atoms in total. The molecule has 1 N–H and O–H groups in total. The summed E-state index contributed by atoms with van der Waals surface area (Å²) in [5.41, 5.74) is 1.16. The van der Waals surface area contributed by atoms with Gasteiger partial charge < -0.3 is 20.0 Å². The molecule has 1 aromatic carbocycles. The maximum absolute atomic E-state index is 12.0. The van der Waals surface area contributed by atoms with Crippen LogP contribution in [0.25, 0.3) is 0 Å². The molecule has 0 spiro atoms. The molecule has 1 fully saturated rings. The number of nitrogens with one attached hydrogen (secondary N) is 1. The number of thiophene rings is 1. The Kier molecular flexibility index (Phi) is 9.04. The van der Waals surface area contributed by atoms with Gasteiger partial charge in [-0.25, -0.2) is 4.99 Å².